The second-order valence-electron chi connectivity index (χ2n) is 6.35. The number of pyridine rings is 1. The van der Waals surface area contributed by atoms with E-state index in [1.807, 2.05) is 0 Å². The maximum Gasteiger partial charge on any atom is 0.330 e. The van der Waals surface area contributed by atoms with Crippen LogP contribution in [0.4, 0.5) is 16.2 Å². The van der Waals surface area contributed by atoms with Crippen molar-refractivity contribution in [2.24, 2.45) is 5.73 Å². The van der Waals surface area contributed by atoms with E-state index in [4.69, 9.17) is 17.3 Å². The highest BCUT2D eigenvalue weighted by molar-refractivity contribution is 6.31. The average molecular weight is 392 g/mol. The number of fused-ring (bicyclic) bond motifs is 1. The number of aromatic nitrogens is 1. The number of nitrogens with zero attached hydrogens (tertiary/aromatic N) is 4. The number of hydrogen-bond acceptors (Lipinski definition) is 4. The largest absolute Gasteiger partial charge is 0.366 e. The van der Waals surface area contributed by atoms with Crippen molar-refractivity contribution in [1.82, 2.24) is 4.98 Å². The van der Waals surface area contributed by atoms with E-state index in [1.165, 1.54) is 16.0 Å². The van der Waals surface area contributed by atoms with E-state index in [0.717, 1.165) is 5.39 Å². The molecule has 4 rings (SSSR count). The van der Waals surface area contributed by atoms with Gasteiger partial charge in [-0.15, -0.1) is 0 Å². The molecule has 3 amide bonds. The molecule has 2 aromatic carbocycles. The van der Waals surface area contributed by atoms with Gasteiger partial charge >= 0.3 is 6.03 Å². The van der Waals surface area contributed by atoms with Crippen molar-refractivity contribution < 1.29 is 9.59 Å². The fourth-order valence-electron chi connectivity index (χ4n) is 3.32. The monoisotopic (exact) mass is 391 g/mol. The second kappa shape index (κ2) is 6.83. The maximum atomic E-state index is 13.2. The third kappa shape index (κ3) is 2.90. The Morgan fingerprint density at radius 2 is 2.07 bits per heavy atom. The molecule has 0 radical (unpaired) electrons. The van der Waals surface area contributed by atoms with E-state index in [1.54, 1.807) is 48.7 Å². The Labute approximate surface area is 165 Å². The first kappa shape index (κ1) is 17.8. The van der Waals surface area contributed by atoms with Gasteiger partial charge in [0.2, 0.25) is 5.91 Å². The lowest BCUT2D eigenvalue weighted by molar-refractivity contribution is 0.100. The number of halogens is 1. The van der Waals surface area contributed by atoms with E-state index >= 15 is 0 Å². The zero-order valence-corrected chi connectivity index (χ0v) is 15.3. The van der Waals surface area contributed by atoms with Crippen LogP contribution >= 0.6 is 11.6 Å². The number of carbonyl (C=O) groups excluding carboxylic acids is 2. The number of hydrogen-bond donors (Lipinski definition) is 1. The van der Waals surface area contributed by atoms with Gasteiger partial charge in [-0.1, -0.05) is 23.7 Å². The highest BCUT2D eigenvalue weighted by Crippen LogP contribution is 2.34. The molecule has 2 N–H and O–H groups in total. The van der Waals surface area contributed by atoms with Gasteiger partial charge in [0.15, 0.2) is 0 Å². The van der Waals surface area contributed by atoms with Crippen LogP contribution in [0.2, 0.25) is 5.02 Å². The third-order valence-electron chi connectivity index (χ3n) is 4.66. The molecule has 0 spiro atoms. The van der Waals surface area contributed by atoms with Crippen LogP contribution in [0.25, 0.3) is 10.8 Å². The summed E-state index contributed by atoms with van der Waals surface area (Å²) < 4.78 is 0. The van der Waals surface area contributed by atoms with E-state index < -0.39 is 11.9 Å². The SMILES string of the molecule is N#CC1CN(c2cccc(Cl)c2)C(=O)N1c1cncc2ccc(C(N)=O)cc12. The maximum absolute atomic E-state index is 13.2. The number of rotatable bonds is 3. The Morgan fingerprint density at radius 1 is 1.25 bits per heavy atom. The normalized spacial score (nSPS) is 16.4. The summed E-state index contributed by atoms with van der Waals surface area (Å²) in [5.74, 6) is -0.574. The zero-order chi connectivity index (χ0) is 19.8. The van der Waals surface area contributed by atoms with Crippen molar-refractivity contribution in [2.75, 3.05) is 16.3 Å². The lowest BCUT2D eigenvalue weighted by atomic mass is 10.1. The molecule has 1 aliphatic heterocycles. The number of nitrogens with two attached hydrogens (primary N) is 1. The summed E-state index contributed by atoms with van der Waals surface area (Å²) in [5.41, 5.74) is 6.75. The fourth-order valence-corrected chi connectivity index (χ4v) is 3.50. The van der Waals surface area contributed by atoms with Gasteiger partial charge in [-0.2, -0.15) is 5.26 Å². The lowest BCUT2D eigenvalue weighted by Crippen LogP contribution is -2.34. The molecule has 1 unspecified atom stereocenters. The summed E-state index contributed by atoms with van der Waals surface area (Å²) in [7, 11) is 0. The Morgan fingerprint density at radius 3 is 2.79 bits per heavy atom. The molecule has 1 fully saturated rings. The van der Waals surface area contributed by atoms with Crippen LogP contribution in [0, 0.1) is 11.3 Å². The highest BCUT2D eigenvalue weighted by atomic mass is 35.5. The standard InChI is InChI=1S/C20H14ClN5O2/c21-14-2-1-3-15(7-14)25-11-16(8-22)26(20(25)28)18-10-24-9-13-5-4-12(19(23)27)6-17(13)18/h1-7,9-10,16H,11H2,(H2,23,27). The summed E-state index contributed by atoms with van der Waals surface area (Å²) in [6.45, 7) is 0.182. The molecule has 0 bridgehead atoms. The molecule has 1 atom stereocenters. The Kier molecular flexibility index (Phi) is 4.34. The minimum Gasteiger partial charge on any atom is -0.366 e. The number of anilines is 2. The smallest absolute Gasteiger partial charge is 0.330 e. The van der Waals surface area contributed by atoms with Gasteiger partial charge in [0.05, 0.1) is 24.5 Å². The van der Waals surface area contributed by atoms with Gasteiger partial charge in [-0.25, -0.2) is 4.79 Å². The predicted octanol–water partition coefficient (Wildman–Crippen LogP) is 3.33. The van der Waals surface area contributed by atoms with Crippen LogP contribution < -0.4 is 15.5 Å². The van der Waals surface area contributed by atoms with E-state index in [-0.39, 0.29) is 12.6 Å². The lowest BCUT2D eigenvalue weighted by Gasteiger charge is -2.21. The van der Waals surface area contributed by atoms with Gasteiger partial charge < -0.3 is 5.73 Å². The molecule has 1 saturated heterocycles. The van der Waals surface area contributed by atoms with E-state index in [9.17, 15) is 14.9 Å². The average Bonchev–Trinajstić information content (AvgIpc) is 3.03. The predicted molar refractivity (Wildman–Crippen MR) is 106 cm³/mol. The summed E-state index contributed by atoms with van der Waals surface area (Å²) in [6, 6.07) is 12.9. The van der Waals surface area contributed by atoms with E-state index in [0.29, 0.717) is 27.3 Å². The van der Waals surface area contributed by atoms with Crippen molar-refractivity contribution in [3.8, 4) is 6.07 Å². The quantitative estimate of drug-likeness (QED) is 0.739. The van der Waals surface area contributed by atoms with Crippen molar-refractivity contribution in [2.45, 2.75) is 6.04 Å². The van der Waals surface area contributed by atoms with Crippen LogP contribution in [0.3, 0.4) is 0 Å². The molecule has 8 heteroatoms. The molecule has 3 aromatic rings. The van der Waals surface area contributed by atoms with Crippen molar-refractivity contribution in [3.05, 3.63) is 65.4 Å². The van der Waals surface area contributed by atoms with Crippen molar-refractivity contribution >= 4 is 45.7 Å². The second-order valence-corrected chi connectivity index (χ2v) is 6.78. The molecular weight excluding hydrogens is 378 g/mol. The Bertz CT molecular complexity index is 1160. The first-order chi connectivity index (χ1) is 13.5. The summed E-state index contributed by atoms with van der Waals surface area (Å²) in [5, 5.41) is 11.5. The molecule has 1 aromatic heterocycles. The number of primary amides is 1. The number of nitriles is 1. The Balaban J connectivity index is 1.84. The minimum absolute atomic E-state index is 0.182. The van der Waals surface area contributed by atoms with Gasteiger partial charge in [0.25, 0.3) is 0 Å². The molecule has 138 valence electrons. The fraction of sp³-hybridized carbons (Fsp3) is 0.100. The number of carbonyl (C=O) groups is 2. The van der Waals surface area contributed by atoms with Crippen LogP contribution in [0.15, 0.2) is 54.9 Å². The number of benzene rings is 2. The summed E-state index contributed by atoms with van der Waals surface area (Å²) >= 11 is 6.05. The van der Waals surface area contributed by atoms with Crippen molar-refractivity contribution in [1.29, 1.82) is 5.26 Å². The van der Waals surface area contributed by atoms with Gasteiger partial charge in [-0.3, -0.25) is 19.6 Å². The van der Waals surface area contributed by atoms with Gasteiger partial charge in [0.1, 0.15) is 6.04 Å². The van der Waals surface area contributed by atoms with Crippen LogP contribution in [0.1, 0.15) is 10.4 Å². The first-order valence-electron chi connectivity index (χ1n) is 8.43. The summed E-state index contributed by atoms with van der Waals surface area (Å²) in [4.78, 5) is 31.8. The molecule has 7 nitrogen and oxygen atoms in total. The molecule has 0 saturated carbocycles. The van der Waals surface area contributed by atoms with Crippen LogP contribution in [-0.4, -0.2) is 29.5 Å². The molecular formula is C20H14ClN5O2. The topological polar surface area (TPSA) is 103 Å². The molecule has 1 aliphatic rings. The van der Waals surface area contributed by atoms with E-state index in [2.05, 4.69) is 11.1 Å². The van der Waals surface area contributed by atoms with Crippen molar-refractivity contribution in [3.63, 3.8) is 0 Å². The zero-order valence-electron chi connectivity index (χ0n) is 14.5. The first-order valence-corrected chi connectivity index (χ1v) is 8.81. The third-order valence-corrected chi connectivity index (χ3v) is 4.89. The van der Waals surface area contributed by atoms with Crippen LogP contribution in [0.5, 0.6) is 0 Å². The Hall–Kier alpha value is -3.63. The number of urea groups is 1. The molecule has 0 aliphatic carbocycles. The molecule has 28 heavy (non-hydrogen) atoms. The molecule has 2 heterocycles. The highest BCUT2D eigenvalue weighted by Gasteiger charge is 2.40. The minimum atomic E-state index is -0.726. The summed E-state index contributed by atoms with van der Waals surface area (Å²) in [6.07, 6.45) is 3.14. The van der Waals surface area contributed by atoms with Gasteiger partial charge in [0, 0.05) is 33.2 Å². The van der Waals surface area contributed by atoms with Crippen LogP contribution in [-0.2, 0) is 0 Å². The number of amides is 3. The van der Waals surface area contributed by atoms with Gasteiger partial charge in [-0.05, 0) is 30.3 Å².